The maximum atomic E-state index is 12.7. The summed E-state index contributed by atoms with van der Waals surface area (Å²) in [5.41, 5.74) is 3.77. The largest absolute Gasteiger partial charge is 0.491 e. The van der Waals surface area contributed by atoms with Gasteiger partial charge in [0.25, 0.3) is 0 Å². The lowest BCUT2D eigenvalue weighted by Crippen LogP contribution is -2.36. The van der Waals surface area contributed by atoms with E-state index in [9.17, 15) is 4.79 Å². The molecule has 2 aromatic heterocycles. The van der Waals surface area contributed by atoms with Crippen LogP contribution in [0.25, 0.3) is 5.69 Å². The highest BCUT2D eigenvalue weighted by molar-refractivity contribution is 5.37. The summed E-state index contributed by atoms with van der Waals surface area (Å²) in [4.78, 5) is 14.3. The van der Waals surface area contributed by atoms with Crippen molar-refractivity contribution in [2.75, 3.05) is 13.2 Å². The minimum Gasteiger partial charge on any atom is -0.491 e. The summed E-state index contributed by atoms with van der Waals surface area (Å²) in [7, 11) is 0. The van der Waals surface area contributed by atoms with Crippen LogP contribution in [0, 0.1) is 13.8 Å². The van der Waals surface area contributed by atoms with Crippen LogP contribution in [-0.4, -0.2) is 48.7 Å². The molecule has 3 heterocycles. The molecule has 10 heteroatoms. The third-order valence-electron chi connectivity index (χ3n) is 6.72. The van der Waals surface area contributed by atoms with Gasteiger partial charge >= 0.3 is 5.69 Å². The Morgan fingerprint density at radius 3 is 2.57 bits per heavy atom. The van der Waals surface area contributed by atoms with Crippen molar-refractivity contribution in [1.29, 1.82) is 0 Å². The lowest BCUT2D eigenvalue weighted by molar-refractivity contribution is -0.192. The molecule has 3 atom stereocenters. The molecule has 1 aliphatic rings. The van der Waals surface area contributed by atoms with Gasteiger partial charge in [-0.3, -0.25) is 0 Å². The third-order valence-corrected chi connectivity index (χ3v) is 6.72. The number of ether oxygens (including phenoxy) is 3. The minimum atomic E-state index is -1.01. The van der Waals surface area contributed by atoms with Crippen molar-refractivity contribution < 1.29 is 14.2 Å². The Balaban J connectivity index is 1.28. The lowest BCUT2D eigenvalue weighted by atomic mass is 9.98. The molecule has 0 amide bonds. The zero-order chi connectivity index (χ0) is 26.0. The van der Waals surface area contributed by atoms with Crippen molar-refractivity contribution in [2.45, 2.75) is 58.6 Å². The molecule has 194 valence electrons. The molecule has 0 bridgehead atoms. The summed E-state index contributed by atoms with van der Waals surface area (Å²) in [6, 6.07) is 13.6. The fourth-order valence-electron chi connectivity index (χ4n) is 4.57. The Bertz CT molecular complexity index is 1400. The number of nitrogens with zero attached hydrogens (tertiary/aromatic N) is 6. The first kappa shape index (κ1) is 24.9. The van der Waals surface area contributed by atoms with Crippen LogP contribution < -0.4 is 10.4 Å². The number of hydrogen-bond acceptors (Lipinski definition) is 7. The predicted molar refractivity (Wildman–Crippen MR) is 137 cm³/mol. The van der Waals surface area contributed by atoms with Crippen molar-refractivity contribution in [3.8, 4) is 11.4 Å². The third kappa shape index (κ3) is 5.07. The van der Waals surface area contributed by atoms with Gasteiger partial charge in [0.1, 0.15) is 31.3 Å². The van der Waals surface area contributed by atoms with E-state index in [0.29, 0.717) is 25.5 Å². The first-order chi connectivity index (χ1) is 17.9. The first-order valence-corrected chi connectivity index (χ1v) is 12.5. The van der Waals surface area contributed by atoms with Crippen LogP contribution in [-0.2, 0) is 21.8 Å². The molecule has 0 N–H and O–H groups in total. The topological polar surface area (TPSA) is 98.2 Å². The van der Waals surface area contributed by atoms with Crippen molar-refractivity contribution in [1.82, 2.24) is 29.3 Å². The first-order valence-electron chi connectivity index (χ1n) is 12.5. The zero-order valence-corrected chi connectivity index (χ0v) is 21.6. The molecule has 1 unspecified atom stereocenters. The molecule has 5 rings (SSSR count). The number of hydrogen-bond donors (Lipinski definition) is 0. The second-order valence-electron chi connectivity index (χ2n) is 9.47. The SMILES string of the molecule is CCC(C)n1ncn(-c2ccc(OC[C@@H]3CO[C@@](Cn4nccn4)(c4ccc(C)cc4C)O3)cc2)c1=O. The Morgan fingerprint density at radius 2 is 1.86 bits per heavy atom. The molecule has 1 saturated heterocycles. The van der Waals surface area contributed by atoms with E-state index < -0.39 is 5.79 Å². The smallest absolute Gasteiger partial charge is 0.350 e. The molecule has 0 radical (unpaired) electrons. The molecule has 1 fully saturated rings. The van der Waals surface area contributed by atoms with E-state index in [2.05, 4.69) is 41.3 Å². The Morgan fingerprint density at radius 1 is 1.11 bits per heavy atom. The van der Waals surface area contributed by atoms with Crippen molar-refractivity contribution >= 4 is 0 Å². The molecule has 0 saturated carbocycles. The molecule has 4 aromatic rings. The second kappa shape index (κ2) is 10.3. The Hall–Kier alpha value is -3.76. The van der Waals surface area contributed by atoms with Crippen LogP contribution in [0.1, 0.15) is 43.0 Å². The molecule has 0 spiro atoms. The van der Waals surface area contributed by atoms with Crippen LogP contribution in [0.4, 0.5) is 0 Å². The van der Waals surface area contributed by atoms with E-state index in [1.807, 2.05) is 44.2 Å². The maximum Gasteiger partial charge on any atom is 0.350 e. The second-order valence-corrected chi connectivity index (χ2v) is 9.47. The van der Waals surface area contributed by atoms with E-state index >= 15 is 0 Å². The summed E-state index contributed by atoms with van der Waals surface area (Å²) in [6.45, 7) is 9.13. The van der Waals surface area contributed by atoms with Crippen LogP contribution in [0.3, 0.4) is 0 Å². The van der Waals surface area contributed by atoms with Gasteiger partial charge in [0.05, 0.1) is 30.7 Å². The molecule has 1 aliphatic heterocycles. The normalized spacial score (nSPS) is 20.3. The highest BCUT2D eigenvalue weighted by atomic mass is 16.8. The number of rotatable bonds is 9. The Labute approximate surface area is 215 Å². The zero-order valence-electron chi connectivity index (χ0n) is 21.6. The number of aryl methyl sites for hydroxylation is 2. The van der Waals surface area contributed by atoms with E-state index in [-0.39, 0.29) is 17.8 Å². The Kier molecular flexibility index (Phi) is 6.94. The van der Waals surface area contributed by atoms with Gasteiger partial charge < -0.3 is 14.2 Å². The summed E-state index contributed by atoms with van der Waals surface area (Å²) >= 11 is 0. The van der Waals surface area contributed by atoms with Crippen LogP contribution in [0.5, 0.6) is 5.75 Å². The van der Waals surface area contributed by atoms with Gasteiger partial charge in [-0.2, -0.15) is 20.1 Å². The van der Waals surface area contributed by atoms with E-state index in [4.69, 9.17) is 14.2 Å². The van der Waals surface area contributed by atoms with Crippen LogP contribution in [0.2, 0.25) is 0 Å². The van der Waals surface area contributed by atoms with Gasteiger partial charge in [0, 0.05) is 5.56 Å². The van der Waals surface area contributed by atoms with Gasteiger partial charge in [0.2, 0.25) is 5.79 Å². The van der Waals surface area contributed by atoms with Crippen molar-refractivity contribution in [3.63, 3.8) is 0 Å². The summed E-state index contributed by atoms with van der Waals surface area (Å²) in [5, 5.41) is 12.8. The van der Waals surface area contributed by atoms with Crippen LogP contribution in [0.15, 0.2) is 66.0 Å². The van der Waals surface area contributed by atoms with Crippen molar-refractivity contribution in [2.24, 2.45) is 0 Å². The molecule has 0 aliphatic carbocycles. The molecular weight excluding hydrogens is 472 g/mol. The maximum absolute atomic E-state index is 12.7. The van der Waals surface area contributed by atoms with Crippen molar-refractivity contribution in [3.05, 3.63) is 88.4 Å². The number of aromatic nitrogens is 6. The van der Waals surface area contributed by atoms with E-state index in [1.54, 1.807) is 23.5 Å². The minimum absolute atomic E-state index is 0.0462. The summed E-state index contributed by atoms with van der Waals surface area (Å²) < 4.78 is 21.9. The fraction of sp³-hybridized carbons (Fsp3) is 0.407. The quantitative estimate of drug-likeness (QED) is 0.344. The van der Waals surface area contributed by atoms with Gasteiger partial charge in [0.15, 0.2) is 0 Å². The van der Waals surface area contributed by atoms with Crippen LogP contribution >= 0.6 is 0 Å². The highest BCUT2D eigenvalue weighted by Crippen LogP contribution is 2.38. The highest BCUT2D eigenvalue weighted by Gasteiger charge is 2.45. The lowest BCUT2D eigenvalue weighted by Gasteiger charge is -2.29. The average molecular weight is 505 g/mol. The van der Waals surface area contributed by atoms with E-state index in [0.717, 1.165) is 23.2 Å². The monoisotopic (exact) mass is 504 g/mol. The van der Waals surface area contributed by atoms with Gasteiger partial charge in [-0.25, -0.2) is 14.0 Å². The van der Waals surface area contributed by atoms with Gasteiger partial charge in [-0.15, -0.1) is 0 Å². The standard InChI is InChI=1S/C27H32N6O4/c1-5-21(4)33-26(34)31(18-30-33)22-7-9-23(10-8-22)35-15-24-16-36-27(37-24,17-32-28-12-13-29-32)25-11-6-19(2)14-20(25)3/h6-14,18,21,24H,5,15-17H2,1-4H3/t21?,24-,27-/m1/s1. The average Bonchev–Trinajstić information content (AvgIpc) is 3.64. The molecule has 37 heavy (non-hydrogen) atoms. The fourth-order valence-corrected chi connectivity index (χ4v) is 4.57. The van der Waals surface area contributed by atoms with Gasteiger partial charge in [-0.05, 0) is 57.0 Å². The summed E-state index contributed by atoms with van der Waals surface area (Å²) in [6.07, 6.45) is 5.37. The van der Waals surface area contributed by atoms with E-state index in [1.165, 1.54) is 14.8 Å². The number of benzene rings is 2. The molecule has 2 aromatic carbocycles. The predicted octanol–water partition coefficient (Wildman–Crippen LogP) is 3.56. The summed E-state index contributed by atoms with van der Waals surface area (Å²) in [5.74, 6) is -0.335. The molecule has 10 nitrogen and oxygen atoms in total. The molecular formula is C27H32N6O4. The van der Waals surface area contributed by atoms with Gasteiger partial charge in [-0.1, -0.05) is 30.7 Å².